The summed E-state index contributed by atoms with van der Waals surface area (Å²) in [5.41, 5.74) is 4.49. The Morgan fingerprint density at radius 3 is 2.48 bits per heavy atom. The number of benzene rings is 2. The molecule has 170 valence electrons. The van der Waals surface area contributed by atoms with Gasteiger partial charge in [-0.3, -0.25) is 9.78 Å². The molecule has 0 unspecified atom stereocenters. The lowest BCUT2D eigenvalue weighted by atomic mass is 10.1. The molecule has 8 heteroatoms. The number of carbonyl (C=O) groups excluding carboxylic acids is 1. The van der Waals surface area contributed by atoms with Crippen LogP contribution in [0.1, 0.15) is 22.5 Å². The van der Waals surface area contributed by atoms with Crippen LogP contribution in [0.3, 0.4) is 0 Å². The average molecular weight is 463 g/mol. The van der Waals surface area contributed by atoms with Crippen LogP contribution in [-0.2, 0) is 40.0 Å². The van der Waals surface area contributed by atoms with Gasteiger partial charge in [0, 0.05) is 31.7 Å². The van der Waals surface area contributed by atoms with Crippen LogP contribution in [0.25, 0.3) is 11.0 Å². The highest BCUT2D eigenvalue weighted by Gasteiger charge is 2.21. The second kappa shape index (κ2) is 9.54. The van der Waals surface area contributed by atoms with E-state index >= 15 is 0 Å². The van der Waals surface area contributed by atoms with Gasteiger partial charge in [-0.15, -0.1) is 0 Å². The Hall–Kier alpha value is -3.52. The number of pyridine rings is 1. The lowest BCUT2D eigenvalue weighted by Gasteiger charge is -2.24. The number of carbonyl (C=O) groups is 1. The number of imidazole rings is 1. The number of nitrogens with zero attached hydrogens (tertiary/aromatic N) is 4. The number of aryl methyl sites for hydroxylation is 1. The van der Waals surface area contributed by atoms with Crippen molar-refractivity contribution in [1.29, 1.82) is 0 Å². The number of fused-ring (bicyclic) bond motifs is 1. The molecule has 2 heterocycles. The minimum absolute atomic E-state index is 0.00247. The van der Waals surface area contributed by atoms with Crippen LogP contribution in [0.15, 0.2) is 73.1 Å². The van der Waals surface area contributed by atoms with Gasteiger partial charge in [-0.25, -0.2) is 13.4 Å². The third kappa shape index (κ3) is 5.64. The van der Waals surface area contributed by atoms with E-state index in [0.717, 1.165) is 22.2 Å². The van der Waals surface area contributed by atoms with Gasteiger partial charge < -0.3 is 9.47 Å². The molecule has 0 aliphatic heterocycles. The van der Waals surface area contributed by atoms with E-state index < -0.39 is 9.84 Å². The van der Waals surface area contributed by atoms with Gasteiger partial charge in [0.2, 0.25) is 5.91 Å². The summed E-state index contributed by atoms with van der Waals surface area (Å²) in [7, 11) is -3.32. The molecule has 0 saturated heterocycles. The van der Waals surface area contributed by atoms with Gasteiger partial charge in [-0.2, -0.15) is 0 Å². The maximum absolute atomic E-state index is 13.6. The van der Waals surface area contributed by atoms with E-state index in [4.69, 9.17) is 0 Å². The number of sulfone groups is 1. The fraction of sp³-hybridized carbons (Fsp3) is 0.240. The Kier molecular flexibility index (Phi) is 6.55. The van der Waals surface area contributed by atoms with Crippen LogP contribution < -0.4 is 0 Å². The zero-order valence-corrected chi connectivity index (χ0v) is 19.5. The van der Waals surface area contributed by atoms with Crippen LogP contribution in [0, 0.1) is 6.92 Å². The molecule has 0 spiro atoms. The number of rotatable bonds is 8. The lowest BCUT2D eigenvalue weighted by molar-refractivity contribution is -0.133. The van der Waals surface area contributed by atoms with Gasteiger partial charge in [0.15, 0.2) is 9.84 Å². The molecule has 0 radical (unpaired) electrons. The van der Waals surface area contributed by atoms with Crippen molar-refractivity contribution in [3.63, 3.8) is 0 Å². The quantitative estimate of drug-likeness (QED) is 0.400. The van der Waals surface area contributed by atoms with Gasteiger partial charge in [0.25, 0.3) is 0 Å². The number of aromatic nitrogens is 3. The minimum atomic E-state index is -3.32. The topological polar surface area (TPSA) is 85.2 Å². The smallest absolute Gasteiger partial charge is 0.243 e. The van der Waals surface area contributed by atoms with E-state index in [0.29, 0.717) is 24.4 Å². The second-order valence-corrected chi connectivity index (χ2v) is 10.4. The first-order chi connectivity index (χ1) is 15.8. The largest absolute Gasteiger partial charge is 0.332 e. The molecule has 2 aromatic carbocycles. The molecule has 7 nitrogen and oxygen atoms in total. The Morgan fingerprint density at radius 2 is 1.76 bits per heavy atom. The molecule has 1 amide bonds. The summed E-state index contributed by atoms with van der Waals surface area (Å²) in [4.78, 5) is 24.0. The summed E-state index contributed by atoms with van der Waals surface area (Å²) >= 11 is 0. The number of hydrogen-bond acceptors (Lipinski definition) is 5. The van der Waals surface area contributed by atoms with E-state index in [1.54, 1.807) is 21.9 Å². The summed E-state index contributed by atoms with van der Waals surface area (Å²) in [5.74, 6) is 0.0132. The van der Waals surface area contributed by atoms with Crippen molar-refractivity contribution in [2.45, 2.75) is 32.3 Å². The summed E-state index contributed by atoms with van der Waals surface area (Å²) in [6.45, 7) is 2.86. The molecule has 2 aromatic heterocycles. The second-order valence-electron chi connectivity index (χ2n) is 8.21. The van der Waals surface area contributed by atoms with Crippen LogP contribution in [0.4, 0.5) is 0 Å². The SMILES string of the molecule is Cc1ccccc1CN(Cc1cccnc1)C(=O)Cn1c(CS(C)(=O)=O)nc2ccccc21. The fourth-order valence-electron chi connectivity index (χ4n) is 3.82. The Morgan fingerprint density at radius 1 is 1.00 bits per heavy atom. The first kappa shape index (κ1) is 22.7. The Labute approximate surface area is 193 Å². The van der Waals surface area contributed by atoms with Gasteiger partial charge in [-0.1, -0.05) is 42.5 Å². The van der Waals surface area contributed by atoms with Crippen molar-refractivity contribution in [1.82, 2.24) is 19.4 Å². The van der Waals surface area contributed by atoms with E-state index in [1.165, 1.54) is 6.26 Å². The molecule has 0 atom stereocenters. The van der Waals surface area contributed by atoms with Crippen molar-refractivity contribution in [2.75, 3.05) is 6.26 Å². The van der Waals surface area contributed by atoms with Crippen LogP contribution >= 0.6 is 0 Å². The van der Waals surface area contributed by atoms with Crippen molar-refractivity contribution >= 4 is 26.8 Å². The van der Waals surface area contributed by atoms with Crippen LogP contribution in [0.2, 0.25) is 0 Å². The Bertz CT molecular complexity index is 1380. The van der Waals surface area contributed by atoms with Crippen molar-refractivity contribution < 1.29 is 13.2 Å². The van der Waals surface area contributed by atoms with Crippen molar-refractivity contribution in [3.05, 3.63) is 95.6 Å². The van der Waals surface area contributed by atoms with Gasteiger partial charge >= 0.3 is 0 Å². The van der Waals surface area contributed by atoms with Crippen LogP contribution in [0.5, 0.6) is 0 Å². The highest BCUT2D eigenvalue weighted by atomic mass is 32.2. The minimum Gasteiger partial charge on any atom is -0.332 e. The van der Waals surface area contributed by atoms with E-state index in [9.17, 15) is 13.2 Å². The van der Waals surface area contributed by atoms with Gasteiger partial charge in [0.1, 0.15) is 18.1 Å². The third-order valence-electron chi connectivity index (χ3n) is 5.49. The molecule has 0 saturated carbocycles. The molecule has 0 aliphatic carbocycles. The standard InChI is InChI=1S/C25H26N4O3S/c1-19-8-3-4-10-21(19)16-28(15-20-9-7-13-26-14-20)25(30)17-29-23-12-6-5-11-22(23)27-24(29)18-33(2,31)32/h3-14H,15-18H2,1-2H3. The zero-order valence-electron chi connectivity index (χ0n) is 18.7. The highest BCUT2D eigenvalue weighted by molar-refractivity contribution is 7.89. The monoisotopic (exact) mass is 462 g/mol. The average Bonchev–Trinajstić information content (AvgIpc) is 3.10. The molecule has 0 aliphatic rings. The predicted molar refractivity (Wildman–Crippen MR) is 128 cm³/mol. The number of amides is 1. The first-order valence-corrected chi connectivity index (χ1v) is 12.7. The van der Waals surface area contributed by atoms with Gasteiger partial charge in [0.05, 0.1) is 11.0 Å². The van der Waals surface area contributed by atoms with E-state index in [-0.39, 0.29) is 18.2 Å². The molecule has 4 aromatic rings. The van der Waals surface area contributed by atoms with E-state index in [1.807, 2.05) is 67.6 Å². The highest BCUT2D eigenvalue weighted by Crippen LogP contribution is 2.20. The molecule has 0 bridgehead atoms. The van der Waals surface area contributed by atoms with Crippen molar-refractivity contribution in [3.8, 4) is 0 Å². The molecular weight excluding hydrogens is 436 g/mol. The summed E-state index contributed by atoms with van der Waals surface area (Å²) in [6, 6.07) is 19.1. The van der Waals surface area contributed by atoms with Crippen molar-refractivity contribution in [2.24, 2.45) is 0 Å². The zero-order chi connectivity index (χ0) is 23.4. The molecule has 0 N–H and O–H groups in total. The molecule has 4 rings (SSSR count). The summed E-state index contributed by atoms with van der Waals surface area (Å²) < 4.78 is 25.7. The number of hydrogen-bond donors (Lipinski definition) is 0. The molecular formula is C25H26N4O3S. The lowest BCUT2D eigenvalue weighted by Crippen LogP contribution is -2.33. The van der Waals surface area contributed by atoms with Gasteiger partial charge in [-0.05, 0) is 41.8 Å². The third-order valence-corrected chi connectivity index (χ3v) is 6.27. The van der Waals surface area contributed by atoms with E-state index in [2.05, 4.69) is 9.97 Å². The maximum atomic E-state index is 13.6. The first-order valence-electron chi connectivity index (χ1n) is 10.6. The summed E-state index contributed by atoms with van der Waals surface area (Å²) in [5, 5.41) is 0. The van der Waals surface area contributed by atoms with Crippen LogP contribution in [-0.4, -0.2) is 40.0 Å². The molecule has 33 heavy (non-hydrogen) atoms. The number of para-hydroxylation sites is 2. The molecule has 0 fully saturated rings. The maximum Gasteiger partial charge on any atom is 0.243 e. The summed E-state index contributed by atoms with van der Waals surface area (Å²) in [6.07, 6.45) is 4.62. The fourth-order valence-corrected chi connectivity index (χ4v) is 4.51. The Balaban J connectivity index is 1.68. The predicted octanol–water partition coefficient (Wildman–Crippen LogP) is 3.51. The normalized spacial score (nSPS) is 11.6.